The molecule has 0 bridgehead atoms. The first kappa shape index (κ1) is 15.3. The van der Waals surface area contributed by atoms with Crippen molar-refractivity contribution in [2.24, 2.45) is 0 Å². The number of aliphatic carboxylic acids is 1. The van der Waals surface area contributed by atoms with E-state index in [4.69, 9.17) is 9.84 Å². The topological polar surface area (TPSA) is 75.6 Å². The molecule has 0 aliphatic heterocycles. The number of amides is 1. The van der Waals surface area contributed by atoms with Gasteiger partial charge in [0.2, 0.25) is 0 Å². The number of ether oxygens (including phenoxy) is 1. The molecule has 0 aliphatic rings. The maximum atomic E-state index is 11.4. The summed E-state index contributed by atoms with van der Waals surface area (Å²) in [5.41, 5.74) is 0.822. The standard InChI is InChI=1S/C13H12INO4/c14-7-4-8-19-13(18)15-11(12(16)17)9-10-5-2-1-3-6-10/h1-3,5-6,11H,8-9H2,(H,15,18)(H,16,17)/t11-/m0/s1. The molecule has 19 heavy (non-hydrogen) atoms. The Balaban J connectivity index is 2.55. The summed E-state index contributed by atoms with van der Waals surface area (Å²) in [5.74, 6) is 1.43. The number of hydrogen-bond acceptors (Lipinski definition) is 3. The van der Waals surface area contributed by atoms with Gasteiger partial charge in [-0.1, -0.05) is 36.3 Å². The van der Waals surface area contributed by atoms with Gasteiger partial charge in [0.15, 0.2) is 6.61 Å². The number of rotatable bonds is 5. The molecule has 1 rings (SSSR count). The average molecular weight is 373 g/mol. The van der Waals surface area contributed by atoms with Crippen LogP contribution >= 0.6 is 22.6 Å². The second-order valence-corrected chi connectivity index (χ2v) is 4.11. The molecule has 100 valence electrons. The van der Waals surface area contributed by atoms with Crippen molar-refractivity contribution in [2.45, 2.75) is 12.5 Å². The lowest BCUT2D eigenvalue weighted by Crippen LogP contribution is -2.42. The third kappa shape index (κ3) is 6.10. The van der Waals surface area contributed by atoms with Gasteiger partial charge in [0.25, 0.3) is 0 Å². The van der Waals surface area contributed by atoms with E-state index in [2.05, 4.69) is 15.2 Å². The molecular weight excluding hydrogens is 361 g/mol. The van der Waals surface area contributed by atoms with E-state index in [-0.39, 0.29) is 13.0 Å². The average Bonchev–Trinajstić information content (AvgIpc) is 2.39. The molecule has 0 aromatic heterocycles. The van der Waals surface area contributed by atoms with Gasteiger partial charge in [-0.3, -0.25) is 0 Å². The van der Waals surface area contributed by atoms with Gasteiger partial charge in [0.1, 0.15) is 6.04 Å². The van der Waals surface area contributed by atoms with E-state index in [0.29, 0.717) is 0 Å². The fourth-order valence-electron chi connectivity index (χ4n) is 1.36. The summed E-state index contributed by atoms with van der Waals surface area (Å²) in [6.45, 7) is -0.0630. The fraction of sp³-hybridized carbons (Fsp3) is 0.231. The van der Waals surface area contributed by atoms with Gasteiger partial charge in [0.05, 0.1) is 0 Å². The number of halogens is 1. The number of carbonyl (C=O) groups excluding carboxylic acids is 1. The zero-order valence-electron chi connectivity index (χ0n) is 9.93. The van der Waals surface area contributed by atoms with Gasteiger partial charge < -0.3 is 15.2 Å². The molecule has 1 aromatic carbocycles. The van der Waals surface area contributed by atoms with Crippen molar-refractivity contribution in [3.8, 4) is 9.85 Å². The molecule has 0 heterocycles. The Morgan fingerprint density at radius 1 is 1.37 bits per heavy atom. The van der Waals surface area contributed by atoms with Crippen LogP contribution in [0.5, 0.6) is 0 Å². The number of carboxylic acids is 1. The second-order valence-electron chi connectivity index (χ2n) is 3.57. The maximum absolute atomic E-state index is 11.4. The quantitative estimate of drug-likeness (QED) is 0.610. The molecule has 0 saturated heterocycles. The zero-order valence-corrected chi connectivity index (χ0v) is 12.1. The highest BCUT2D eigenvalue weighted by Crippen LogP contribution is 2.03. The van der Waals surface area contributed by atoms with Crippen molar-refractivity contribution in [1.29, 1.82) is 0 Å². The third-order valence-corrected chi connectivity index (χ3v) is 2.60. The van der Waals surface area contributed by atoms with Crippen molar-refractivity contribution >= 4 is 34.7 Å². The smallest absolute Gasteiger partial charge is 0.408 e. The van der Waals surface area contributed by atoms with Crippen molar-refractivity contribution < 1.29 is 19.4 Å². The van der Waals surface area contributed by atoms with E-state index in [9.17, 15) is 9.59 Å². The van der Waals surface area contributed by atoms with E-state index in [1.165, 1.54) is 0 Å². The van der Waals surface area contributed by atoms with Crippen LogP contribution in [-0.4, -0.2) is 29.8 Å². The van der Waals surface area contributed by atoms with Gasteiger partial charge in [-0.2, -0.15) is 0 Å². The van der Waals surface area contributed by atoms with Gasteiger partial charge in [-0.25, -0.2) is 9.59 Å². The Hall–Kier alpha value is -1.75. The predicted octanol–water partition coefficient (Wildman–Crippen LogP) is 1.80. The van der Waals surface area contributed by atoms with Crippen molar-refractivity contribution in [2.75, 3.05) is 6.61 Å². The van der Waals surface area contributed by atoms with Crippen molar-refractivity contribution in [1.82, 2.24) is 5.32 Å². The van der Waals surface area contributed by atoms with Crippen LogP contribution in [0, 0.1) is 9.85 Å². The van der Waals surface area contributed by atoms with Crippen LogP contribution in [0.15, 0.2) is 30.3 Å². The Morgan fingerprint density at radius 3 is 2.63 bits per heavy atom. The summed E-state index contributed by atoms with van der Waals surface area (Å²) in [4.78, 5) is 22.4. The SMILES string of the molecule is O=C(N[C@@H](Cc1ccccc1)C(=O)O)OCC#CI. The lowest BCUT2D eigenvalue weighted by Gasteiger charge is -2.13. The number of alkyl carbamates (subject to hydrolysis) is 1. The highest BCUT2D eigenvalue weighted by atomic mass is 127. The minimum Gasteiger partial charge on any atom is -0.480 e. The van der Waals surface area contributed by atoms with Crippen LogP contribution in [0.4, 0.5) is 4.79 Å². The van der Waals surface area contributed by atoms with Crippen LogP contribution < -0.4 is 5.32 Å². The summed E-state index contributed by atoms with van der Waals surface area (Å²) in [6, 6.07) is 8.02. The molecule has 1 atom stereocenters. The summed E-state index contributed by atoms with van der Waals surface area (Å²) in [7, 11) is 0. The maximum Gasteiger partial charge on any atom is 0.408 e. The van der Waals surface area contributed by atoms with Crippen molar-refractivity contribution in [3.05, 3.63) is 35.9 Å². The lowest BCUT2D eigenvalue weighted by atomic mass is 10.1. The molecule has 5 nitrogen and oxygen atoms in total. The third-order valence-electron chi connectivity index (χ3n) is 2.22. The van der Waals surface area contributed by atoms with Gasteiger partial charge in [-0.05, 0) is 9.49 Å². The molecule has 0 fully saturated rings. The summed E-state index contributed by atoms with van der Waals surface area (Å²) >= 11 is 1.82. The van der Waals surface area contributed by atoms with Crippen LogP contribution in [0.2, 0.25) is 0 Å². The van der Waals surface area contributed by atoms with Crippen LogP contribution in [0.1, 0.15) is 5.56 Å². The van der Waals surface area contributed by atoms with Crippen LogP contribution in [0.25, 0.3) is 0 Å². The number of nitrogens with one attached hydrogen (secondary N) is 1. The van der Waals surface area contributed by atoms with E-state index >= 15 is 0 Å². The van der Waals surface area contributed by atoms with E-state index in [1.807, 2.05) is 40.8 Å². The zero-order chi connectivity index (χ0) is 14.1. The molecular formula is C13H12INO4. The monoisotopic (exact) mass is 373 g/mol. The van der Waals surface area contributed by atoms with Crippen LogP contribution in [-0.2, 0) is 16.0 Å². The summed E-state index contributed by atoms with van der Waals surface area (Å²) in [5, 5.41) is 11.3. The summed E-state index contributed by atoms with van der Waals surface area (Å²) < 4.78 is 7.25. The first-order valence-electron chi connectivity index (χ1n) is 5.42. The van der Waals surface area contributed by atoms with Crippen LogP contribution in [0.3, 0.4) is 0 Å². The normalized spacial score (nSPS) is 10.8. The fourth-order valence-corrected chi connectivity index (χ4v) is 1.52. The first-order chi connectivity index (χ1) is 9.13. The molecule has 0 radical (unpaired) electrons. The predicted molar refractivity (Wildman–Crippen MR) is 77.8 cm³/mol. The molecule has 1 amide bonds. The van der Waals surface area contributed by atoms with Gasteiger partial charge >= 0.3 is 12.1 Å². The van der Waals surface area contributed by atoms with Crippen molar-refractivity contribution in [3.63, 3.8) is 0 Å². The Morgan fingerprint density at radius 2 is 2.05 bits per heavy atom. The Labute approximate surface area is 124 Å². The first-order valence-corrected chi connectivity index (χ1v) is 6.50. The minimum atomic E-state index is -1.11. The highest BCUT2D eigenvalue weighted by Gasteiger charge is 2.20. The van der Waals surface area contributed by atoms with E-state index in [0.717, 1.165) is 5.56 Å². The molecule has 6 heteroatoms. The van der Waals surface area contributed by atoms with Gasteiger partial charge in [0, 0.05) is 29.0 Å². The minimum absolute atomic E-state index is 0.0630. The van der Waals surface area contributed by atoms with E-state index in [1.54, 1.807) is 12.1 Å². The number of hydrogen-bond donors (Lipinski definition) is 2. The summed E-state index contributed by atoms with van der Waals surface area (Å²) in [6.07, 6.45) is -0.592. The van der Waals surface area contributed by atoms with Gasteiger partial charge in [-0.15, -0.1) is 0 Å². The molecule has 0 unspecified atom stereocenters. The molecule has 0 saturated carbocycles. The largest absolute Gasteiger partial charge is 0.480 e. The molecule has 1 aromatic rings. The molecule has 0 spiro atoms. The Kier molecular flexibility index (Phi) is 6.74. The number of benzene rings is 1. The Bertz CT molecular complexity index is 492. The lowest BCUT2D eigenvalue weighted by molar-refractivity contribution is -0.139. The number of carboxylic acid groups (broad SMARTS) is 1. The molecule has 0 aliphatic carbocycles. The number of carbonyl (C=O) groups is 2. The second kappa shape index (κ2) is 8.37. The van der Waals surface area contributed by atoms with E-state index < -0.39 is 18.1 Å². The molecule has 2 N–H and O–H groups in total. The highest BCUT2D eigenvalue weighted by molar-refractivity contribution is 14.1.